The van der Waals surface area contributed by atoms with Crippen LogP contribution in [0.1, 0.15) is 6.92 Å². The smallest absolute Gasteiger partial charge is 0.234 e. The second kappa shape index (κ2) is 8.09. The number of carbonyl (C=O) groups is 1. The van der Waals surface area contributed by atoms with Crippen LogP contribution in [-0.4, -0.2) is 26.4 Å². The van der Waals surface area contributed by atoms with Crippen LogP contribution >= 0.6 is 11.8 Å². The second-order valence-corrected chi connectivity index (χ2v) is 6.32. The Kier molecular flexibility index (Phi) is 5.62. The van der Waals surface area contributed by atoms with Gasteiger partial charge in [-0.25, -0.2) is 8.78 Å². The molecule has 1 heterocycles. The predicted molar refractivity (Wildman–Crippen MR) is 96.8 cm³/mol. The van der Waals surface area contributed by atoms with E-state index in [1.54, 1.807) is 0 Å². The molecule has 1 aromatic heterocycles. The fourth-order valence-corrected chi connectivity index (χ4v) is 3.18. The van der Waals surface area contributed by atoms with Gasteiger partial charge in [-0.05, 0) is 19.1 Å². The van der Waals surface area contributed by atoms with E-state index in [9.17, 15) is 13.6 Å². The number of rotatable bonds is 6. The summed E-state index contributed by atoms with van der Waals surface area (Å²) in [4.78, 5) is 12.1. The molecule has 1 amide bonds. The van der Waals surface area contributed by atoms with Gasteiger partial charge in [-0.1, -0.05) is 42.1 Å². The van der Waals surface area contributed by atoms with Gasteiger partial charge < -0.3 is 9.88 Å². The highest BCUT2D eigenvalue weighted by molar-refractivity contribution is 7.99. The molecule has 0 atom stereocenters. The fraction of sp³-hybridized carbons (Fsp3) is 0.167. The highest BCUT2D eigenvalue weighted by Crippen LogP contribution is 2.24. The molecule has 0 saturated carbocycles. The average molecular weight is 374 g/mol. The summed E-state index contributed by atoms with van der Waals surface area (Å²) in [7, 11) is 0. The summed E-state index contributed by atoms with van der Waals surface area (Å²) < 4.78 is 28.0. The zero-order valence-electron chi connectivity index (χ0n) is 13.9. The first-order valence-corrected chi connectivity index (χ1v) is 8.93. The van der Waals surface area contributed by atoms with Crippen molar-refractivity contribution in [1.29, 1.82) is 0 Å². The van der Waals surface area contributed by atoms with Gasteiger partial charge in [0.05, 0.1) is 5.75 Å². The number of nitrogens with zero attached hydrogens (tertiary/aromatic N) is 3. The van der Waals surface area contributed by atoms with Crippen molar-refractivity contribution in [3.63, 3.8) is 0 Å². The number of anilines is 1. The molecule has 0 aliphatic carbocycles. The van der Waals surface area contributed by atoms with Crippen LogP contribution in [0.3, 0.4) is 0 Å². The molecule has 0 fully saturated rings. The van der Waals surface area contributed by atoms with Crippen molar-refractivity contribution in [2.75, 3.05) is 11.1 Å². The van der Waals surface area contributed by atoms with Crippen molar-refractivity contribution in [2.24, 2.45) is 0 Å². The normalized spacial score (nSPS) is 10.7. The third-order valence-corrected chi connectivity index (χ3v) is 4.57. The number of amides is 1. The van der Waals surface area contributed by atoms with Crippen LogP contribution < -0.4 is 5.32 Å². The van der Waals surface area contributed by atoms with Gasteiger partial charge in [-0.3, -0.25) is 4.79 Å². The molecule has 3 rings (SSSR count). The van der Waals surface area contributed by atoms with Gasteiger partial charge in [0.15, 0.2) is 22.6 Å². The Hall–Kier alpha value is -2.74. The van der Waals surface area contributed by atoms with Gasteiger partial charge in [0.1, 0.15) is 0 Å². The van der Waals surface area contributed by atoms with E-state index in [4.69, 9.17) is 0 Å². The van der Waals surface area contributed by atoms with Crippen molar-refractivity contribution in [3.8, 4) is 11.4 Å². The van der Waals surface area contributed by atoms with E-state index in [1.807, 2.05) is 41.8 Å². The quantitative estimate of drug-likeness (QED) is 0.663. The molecule has 0 radical (unpaired) electrons. The molecule has 0 spiro atoms. The fourth-order valence-electron chi connectivity index (χ4n) is 2.38. The van der Waals surface area contributed by atoms with E-state index >= 15 is 0 Å². The van der Waals surface area contributed by atoms with Crippen LogP contribution in [0.25, 0.3) is 11.4 Å². The molecule has 5 nitrogen and oxygen atoms in total. The lowest BCUT2D eigenvalue weighted by molar-refractivity contribution is -0.113. The molecule has 26 heavy (non-hydrogen) atoms. The molecule has 0 unspecified atom stereocenters. The van der Waals surface area contributed by atoms with Gasteiger partial charge in [0.2, 0.25) is 5.91 Å². The molecule has 8 heteroatoms. The molecule has 0 saturated heterocycles. The van der Waals surface area contributed by atoms with Crippen LogP contribution in [0, 0.1) is 11.6 Å². The number of hydrogen-bond acceptors (Lipinski definition) is 4. The molecule has 0 aliphatic rings. The zero-order chi connectivity index (χ0) is 18.5. The number of nitrogens with one attached hydrogen (secondary N) is 1. The summed E-state index contributed by atoms with van der Waals surface area (Å²) in [6.07, 6.45) is 0. The lowest BCUT2D eigenvalue weighted by atomic mass is 10.2. The monoisotopic (exact) mass is 374 g/mol. The number of aromatic nitrogens is 3. The molecule has 2 aromatic carbocycles. The lowest BCUT2D eigenvalue weighted by Gasteiger charge is -2.08. The van der Waals surface area contributed by atoms with E-state index in [1.165, 1.54) is 17.8 Å². The van der Waals surface area contributed by atoms with Crippen LogP contribution in [0.5, 0.6) is 0 Å². The Labute approximate surface area is 153 Å². The van der Waals surface area contributed by atoms with E-state index in [-0.39, 0.29) is 17.3 Å². The van der Waals surface area contributed by atoms with Crippen LogP contribution in [0.2, 0.25) is 0 Å². The van der Waals surface area contributed by atoms with E-state index in [2.05, 4.69) is 15.5 Å². The third-order valence-electron chi connectivity index (χ3n) is 3.60. The summed E-state index contributed by atoms with van der Waals surface area (Å²) in [5, 5.41) is 11.5. The first-order valence-electron chi connectivity index (χ1n) is 7.94. The van der Waals surface area contributed by atoms with Crippen molar-refractivity contribution in [1.82, 2.24) is 14.8 Å². The van der Waals surface area contributed by atoms with Crippen LogP contribution in [0.4, 0.5) is 14.5 Å². The minimum absolute atomic E-state index is 0.0753. The maximum absolute atomic E-state index is 13.2. The van der Waals surface area contributed by atoms with Crippen molar-refractivity contribution < 1.29 is 13.6 Å². The molecule has 1 N–H and O–H groups in total. The third kappa shape index (κ3) is 4.08. The summed E-state index contributed by atoms with van der Waals surface area (Å²) in [6.45, 7) is 2.63. The summed E-state index contributed by atoms with van der Waals surface area (Å²) >= 11 is 1.23. The zero-order valence-corrected chi connectivity index (χ0v) is 14.8. The van der Waals surface area contributed by atoms with Crippen molar-refractivity contribution in [3.05, 3.63) is 60.2 Å². The molecular weight excluding hydrogens is 358 g/mol. The number of thioether (sulfide) groups is 1. The van der Waals surface area contributed by atoms with E-state index in [0.29, 0.717) is 11.7 Å². The van der Waals surface area contributed by atoms with E-state index in [0.717, 1.165) is 23.5 Å². The molecule has 0 bridgehead atoms. The average Bonchev–Trinajstić information content (AvgIpc) is 3.07. The predicted octanol–water partition coefficient (Wildman–Crippen LogP) is 3.97. The lowest BCUT2D eigenvalue weighted by Crippen LogP contribution is -2.15. The standard InChI is InChI=1S/C18H16F2N4OS/c1-2-24-17(12-6-4-3-5-7-12)22-23-18(24)26-11-16(25)21-13-8-9-14(19)15(20)10-13/h3-10H,2,11H2,1H3,(H,21,25). The van der Waals surface area contributed by atoms with E-state index < -0.39 is 11.6 Å². The molecule has 3 aromatic rings. The minimum atomic E-state index is -1.01. The summed E-state index contributed by atoms with van der Waals surface area (Å²) in [5.74, 6) is -1.49. The van der Waals surface area contributed by atoms with Gasteiger partial charge in [0, 0.05) is 23.9 Å². The van der Waals surface area contributed by atoms with Crippen LogP contribution in [-0.2, 0) is 11.3 Å². The van der Waals surface area contributed by atoms with Crippen LogP contribution in [0.15, 0.2) is 53.7 Å². The maximum atomic E-state index is 13.2. The maximum Gasteiger partial charge on any atom is 0.234 e. The van der Waals surface area contributed by atoms with Gasteiger partial charge in [-0.15, -0.1) is 10.2 Å². The number of benzene rings is 2. The largest absolute Gasteiger partial charge is 0.325 e. The second-order valence-electron chi connectivity index (χ2n) is 5.38. The van der Waals surface area contributed by atoms with Crippen molar-refractivity contribution in [2.45, 2.75) is 18.6 Å². The van der Waals surface area contributed by atoms with Gasteiger partial charge in [0.25, 0.3) is 0 Å². The highest BCUT2D eigenvalue weighted by Gasteiger charge is 2.14. The summed E-state index contributed by atoms with van der Waals surface area (Å²) in [6, 6.07) is 12.9. The molecule has 134 valence electrons. The Bertz CT molecular complexity index is 915. The number of halogens is 2. The first kappa shape index (κ1) is 18.1. The Morgan fingerprint density at radius 2 is 1.88 bits per heavy atom. The number of hydrogen-bond donors (Lipinski definition) is 1. The molecular formula is C18H16F2N4OS. The Balaban J connectivity index is 1.67. The SMILES string of the molecule is CCn1c(SCC(=O)Nc2ccc(F)c(F)c2)nnc1-c1ccccc1. The molecule has 0 aliphatic heterocycles. The Morgan fingerprint density at radius 3 is 2.58 bits per heavy atom. The van der Waals surface area contributed by atoms with Crippen molar-refractivity contribution >= 4 is 23.4 Å². The Morgan fingerprint density at radius 1 is 1.12 bits per heavy atom. The minimum Gasteiger partial charge on any atom is -0.325 e. The topological polar surface area (TPSA) is 59.8 Å². The first-order chi connectivity index (χ1) is 12.6. The summed E-state index contributed by atoms with van der Waals surface area (Å²) in [5.41, 5.74) is 1.15. The van der Waals surface area contributed by atoms with Gasteiger partial charge in [-0.2, -0.15) is 0 Å². The number of carbonyl (C=O) groups excluding carboxylic acids is 1. The van der Waals surface area contributed by atoms with Gasteiger partial charge >= 0.3 is 0 Å². The highest BCUT2D eigenvalue weighted by atomic mass is 32.2.